The van der Waals surface area contributed by atoms with Gasteiger partial charge in [0.2, 0.25) is 5.28 Å². The summed E-state index contributed by atoms with van der Waals surface area (Å²) in [6.07, 6.45) is 0. The molecule has 6 heteroatoms. The van der Waals surface area contributed by atoms with Crippen molar-refractivity contribution in [1.82, 2.24) is 19.5 Å². The van der Waals surface area contributed by atoms with Crippen molar-refractivity contribution in [1.29, 1.82) is 0 Å². The molecule has 0 spiro atoms. The van der Waals surface area contributed by atoms with E-state index in [9.17, 15) is 16.4 Å². The molecular formula is C45H31ClN4Si. The van der Waals surface area contributed by atoms with Crippen LogP contribution in [0.15, 0.2) is 187 Å². The van der Waals surface area contributed by atoms with Crippen molar-refractivity contribution in [2.45, 2.75) is 0 Å². The SMILES string of the molecule is [2H]c1c([2H])c([2H])c([Si](c2c([2H])c([2H])c([2H])c([2H])c2[2H])(c2c([2H])c([2H])c([2H])c([2H])c2[2H])c2c([2H])c([2H])c([2H])c(-c3nc(Cl)nc(-c4c([2H])c([2H])c([2H])c([2H])c4-n4c5c([2H])c([2H])c([2H])c([2H])c5c5c([2H])c([2H])c([2H])c([2H])c54)n3)c2[2H])c([2H])c1[2H]. The first-order valence-corrected chi connectivity index (χ1v) is 16.8. The summed E-state index contributed by atoms with van der Waals surface area (Å²) in [4.78, 5) is 12.5. The van der Waals surface area contributed by atoms with Crippen LogP contribution in [0.4, 0.5) is 0 Å². The van der Waals surface area contributed by atoms with Gasteiger partial charge in [-0.25, -0.2) is 4.98 Å². The van der Waals surface area contributed by atoms with E-state index in [1.165, 1.54) is 0 Å². The van der Waals surface area contributed by atoms with E-state index in [1.54, 1.807) is 0 Å². The summed E-state index contributed by atoms with van der Waals surface area (Å²) in [5.74, 6) is -2.03. The third-order valence-electron chi connectivity index (χ3n) is 7.60. The molecule has 0 N–H and O–H groups in total. The Labute approximate surface area is 345 Å². The fourth-order valence-electron chi connectivity index (χ4n) is 5.56. The van der Waals surface area contributed by atoms with Gasteiger partial charge in [-0.2, -0.15) is 9.97 Å². The molecular weight excluding hydrogens is 660 g/mol. The lowest BCUT2D eigenvalue weighted by atomic mass is 10.1. The monoisotopic (exact) mass is 721 g/mol. The van der Waals surface area contributed by atoms with Crippen molar-refractivity contribution < 1.29 is 42.5 Å². The van der Waals surface area contributed by atoms with E-state index in [-0.39, 0.29) is 0 Å². The molecule has 9 rings (SSSR count). The molecule has 0 aliphatic rings. The van der Waals surface area contributed by atoms with E-state index in [1.807, 2.05) is 0 Å². The molecule has 0 fully saturated rings. The molecule has 0 amide bonds. The van der Waals surface area contributed by atoms with Crippen molar-refractivity contribution in [2.75, 3.05) is 0 Å². The van der Waals surface area contributed by atoms with Gasteiger partial charge in [0, 0.05) is 21.9 Å². The minimum atomic E-state index is -6.39. The maximum Gasteiger partial charge on any atom is 0.226 e. The number of hydrogen-bond donors (Lipinski definition) is 0. The van der Waals surface area contributed by atoms with Gasteiger partial charge in [-0.15, -0.1) is 0 Å². The number of benzene rings is 7. The molecule has 0 atom stereocenters. The van der Waals surface area contributed by atoms with Crippen molar-refractivity contribution in [3.8, 4) is 28.5 Å². The van der Waals surface area contributed by atoms with E-state index in [4.69, 9.17) is 37.6 Å². The van der Waals surface area contributed by atoms with E-state index in [0.717, 1.165) is 0 Å². The molecule has 0 aliphatic carbocycles. The fourth-order valence-corrected chi connectivity index (χ4v) is 9.28. The minimum Gasteiger partial charge on any atom is -0.309 e. The van der Waals surface area contributed by atoms with Crippen LogP contribution in [0.25, 0.3) is 50.3 Å². The van der Waals surface area contributed by atoms with Crippen molar-refractivity contribution in [3.05, 3.63) is 193 Å². The standard InChI is InChI=1S/C45H31ClN4Si/c46-45-48-43(47-44(49-45)39-27-12-15-30-42(39)50-40-28-13-10-25-37(40)38-26-11-14-29-41(38)50)32-17-16-24-36(31-32)51(33-18-4-1-5-19-33,34-20-6-2-7-21-34)35-22-8-3-9-23-35/h1-31H/i1D,2D,3D,4D,5D,6D,7D,8D,9D,10D,11D,12D,13D,14D,15D,16D,17D,18D,19D,20D,21D,22D,23D,24D,25D,26D,27D,28D,29D,30D,31D. The van der Waals surface area contributed by atoms with Crippen LogP contribution in [-0.2, 0) is 0 Å². The third-order valence-corrected chi connectivity index (χ3v) is 11.8. The third kappa shape index (κ3) is 5.26. The molecule has 0 bridgehead atoms. The molecule has 9 aromatic rings. The zero-order valence-corrected chi connectivity index (χ0v) is 26.9. The van der Waals surface area contributed by atoms with Crippen molar-refractivity contribution in [3.63, 3.8) is 0 Å². The van der Waals surface area contributed by atoms with Gasteiger partial charge in [0.05, 0.1) is 59.2 Å². The summed E-state index contributed by atoms with van der Waals surface area (Å²) in [6.45, 7) is 0. The topological polar surface area (TPSA) is 43.6 Å². The maximum atomic E-state index is 10.2. The molecule has 242 valence electrons. The zero-order chi connectivity index (χ0) is 61.2. The first-order chi connectivity index (χ1) is 38.1. The molecule has 7 aromatic carbocycles. The van der Waals surface area contributed by atoms with E-state index < -0.39 is 272 Å². The summed E-state index contributed by atoms with van der Waals surface area (Å²) in [6, 6.07) is -34.8. The minimum absolute atomic E-state index is 0.533. The summed E-state index contributed by atoms with van der Waals surface area (Å²) in [5.41, 5.74) is -4.12. The molecule has 4 nitrogen and oxygen atoms in total. The molecule has 0 saturated heterocycles. The first-order valence-electron chi connectivity index (χ1n) is 30.0. The molecule has 51 heavy (non-hydrogen) atoms. The Morgan fingerprint density at radius 1 is 0.451 bits per heavy atom. The Hall–Kier alpha value is -6.14. The van der Waals surface area contributed by atoms with Crippen LogP contribution < -0.4 is 20.7 Å². The van der Waals surface area contributed by atoms with Crippen molar-refractivity contribution >= 4 is 62.2 Å². The zero-order valence-electron chi connectivity index (χ0n) is 56.2. The van der Waals surface area contributed by atoms with Gasteiger partial charge in [-0.1, -0.05) is 163 Å². The van der Waals surface area contributed by atoms with E-state index >= 15 is 0 Å². The Kier molecular flexibility index (Phi) is 3.12. The largest absolute Gasteiger partial charge is 0.309 e. The number of para-hydroxylation sites is 3. The second-order valence-electron chi connectivity index (χ2n) is 10.3. The van der Waals surface area contributed by atoms with E-state index in [0.29, 0.717) is 4.57 Å². The second kappa shape index (κ2) is 13.0. The Morgan fingerprint density at radius 3 is 1.51 bits per heavy atom. The summed E-state index contributed by atoms with van der Waals surface area (Å²) >= 11 is 6.63. The lowest BCUT2D eigenvalue weighted by molar-refractivity contribution is 1.06. The Balaban J connectivity index is 1.55. The second-order valence-corrected chi connectivity index (χ2v) is 14.1. The number of rotatable bonds is 7. The van der Waals surface area contributed by atoms with Crippen LogP contribution in [0.2, 0.25) is 5.28 Å². The molecule has 2 aromatic heterocycles. The summed E-state index contributed by atoms with van der Waals surface area (Å²) in [5, 5.41) is -6.75. The highest BCUT2D eigenvalue weighted by Gasteiger charge is 2.41. The van der Waals surface area contributed by atoms with Gasteiger partial charge in [0.25, 0.3) is 0 Å². The van der Waals surface area contributed by atoms with Crippen LogP contribution in [0.1, 0.15) is 42.5 Å². The maximum absolute atomic E-state index is 10.2. The molecule has 0 aliphatic heterocycles. The van der Waals surface area contributed by atoms with Gasteiger partial charge >= 0.3 is 0 Å². The van der Waals surface area contributed by atoms with Crippen LogP contribution in [0.5, 0.6) is 0 Å². The fraction of sp³-hybridized carbons (Fsp3) is 0. The highest BCUT2D eigenvalue weighted by atomic mass is 35.5. The average molecular weight is 722 g/mol. The normalized spacial score (nSPS) is 20.1. The van der Waals surface area contributed by atoms with Gasteiger partial charge in [-0.05, 0) is 56.5 Å². The highest BCUT2D eigenvalue weighted by molar-refractivity contribution is 7.19. The summed E-state index contributed by atoms with van der Waals surface area (Å²) in [7, 11) is -6.39. The van der Waals surface area contributed by atoms with Crippen LogP contribution in [0, 0.1) is 0 Å². The van der Waals surface area contributed by atoms with Gasteiger partial charge in [0.1, 0.15) is 0 Å². The Morgan fingerprint density at radius 2 is 0.922 bits per heavy atom. The van der Waals surface area contributed by atoms with Crippen LogP contribution in [-0.4, -0.2) is 27.6 Å². The smallest absolute Gasteiger partial charge is 0.226 e. The predicted molar refractivity (Wildman–Crippen MR) is 214 cm³/mol. The quantitative estimate of drug-likeness (QED) is 0.123. The number of fused-ring (bicyclic) bond motifs is 3. The molecule has 0 radical (unpaired) electrons. The van der Waals surface area contributed by atoms with Crippen LogP contribution >= 0.6 is 11.6 Å². The lowest BCUT2D eigenvalue weighted by Crippen LogP contribution is -2.74. The summed E-state index contributed by atoms with van der Waals surface area (Å²) < 4.78 is 281. The number of aromatic nitrogens is 4. The lowest BCUT2D eigenvalue weighted by Gasteiger charge is -2.34. The Bertz CT molecular complexity index is 4120. The molecule has 2 heterocycles. The highest BCUT2D eigenvalue weighted by Crippen LogP contribution is 2.35. The van der Waals surface area contributed by atoms with E-state index in [2.05, 4.69) is 15.0 Å². The molecule has 0 saturated carbocycles. The van der Waals surface area contributed by atoms with Gasteiger partial charge < -0.3 is 4.57 Å². The molecule has 0 unspecified atom stereocenters. The van der Waals surface area contributed by atoms with Gasteiger partial charge in [-0.3, -0.25) is 0 Å². The predicted octanol–water partition coefficient (Wildman–Crippen LogP) is 8.33. The van der Waals surface area contributed by atoms with Crippen molar-refractivity contribution in [2.24, 2.45) is 0 Å². The number of hydrogen-bond acceptors (Lipinski definition) is 3. The van der Waals surface area contributed by atoms with Gasteiger partial charge in [0.15, 0.2) is 19.7 Å². The number of halogens is 1. The average Bonchev–Trinajstić information content (AvgIpc) is 3.98. The first kappa shape index (κ1) is 12.3. The number of nitrogens with zero attached hydrogens (tertiary/aromatic N) is 4. The van der Waals surface area contributed by atoms with Crippen LogP contribution in [0.3, 0.4) is 0 Å².